The quantitative estimate of drug-likeness (QED) is 0.545. The van der Waals surface area contributed by atoms with Gasteiger partial charge >= 0.3 is 0 Å². The molecule has 0 atom stereocenters. The van der Waals surface area contributed by atoms with Crippen molar-refractivity contribution >= 4 is 5.78 Å². The van der Waals surface area contributed by atoms with E-state index >= 15 is 0 Å². The number of hydrogen-bond donors (Lipinski definition) is 0. The molecule has 2 aromatic carbocycles. The van der Waals surface area contributed by atoms with Crippen LogP contribution in [0.5, 0.6) is 0 Å². The summed E-state index contributed by atoms with van der Waals surface area (Å²) in [5, 5.41) is 0. The fourth-order valence-corrected chi connectivity index (χ4v) is 2.40. The molecular formula is C19H19F3O2. The summed E-state index contributed by atoms with van der Waals surface area (Å²) >= 11 is 0. The molecule has 0 fully saturated rings. The Balaban J connectivity index is 2.36. The third-order valence-electron chi connectivity index (χ3n) is 3.65. The van der Waals surface area contributed by atoms with E-state index in [0.29, 0.717) is 6.61 Å². The van der Waals surface area contributed by atoms with Crippen LogP contribution in [0.2, 0.25) is 0 Å². The smallest absolute Gasteiger partial charge is 0.188 e. The minimum atomic E-state index is -1.13. The summed E-state index contributed by atoms with van der Waals surface area (Å²) < 4.78 is 47.0. The second kappa shape index (κ2) is 8.11. The van der Waals surface area contributed by atoms with Crippen LogP contribution in [0.15, 0.2) is 30.3 Å². The van der Waals surface area contributed by atoms with Crippen molar-refractivity contribution in [2.75, 3.05) is 13.2 Å². The number of carbonyl (C=O) groups is 1. The summed E-state index contributed by atoms with van der Waals surface area (Å²) in [6.45, 7) is 3.81. The third-order valence-corrected chi connectivity index (χ3v) is 3.65. The van der Waals surface area contributed by atoms with Crippen molar-refractivity contribution < 1.29 is 22.7 Å². The van der Waals surface area contributed by atoms with Gasteiger partial charge in [0.15, 0.2) is 17.4 Å². The van der Waals surface area contributed by atoms with Gasteiger partial charge in [0.1, 0.15) is 12.4 Å². The lowest BCUT2D eigenvalue weighted by Gasteiger charge is -2.12. The molecule has 0 heterocycles. The number of Topliss-reactive ketones (excluding diaryl/α,β-unsaturated/α-hetero) is 1. The summed E-state index contributed by atoms with van der Waals surface area (Å²) in [6, 6.07) is 6.63. The first kappa shape index (κ1) is 18.2. The summed E-state index contributed by atoms with van der Waals surface area (Å²) in [5.74, 6) is -3.16. The van der Waals surface area contributed by atoms with Crippen molar-refractivity contribution in [1.29, 1.82) is 0 Å². The molecular weight excluding hydrogens is 317 g/mol. The Labute approximate surface area is 139 Å². The van der Waals surface area contributed by atoms with Crippen molar-refractivity contribution in [2.24, 2.45) is 0 Å². The molecule has 0 spiro atoms. The van der Waals surface area contributed by atoms with Crippen LogP contribution in [-0.2, 0) is 11.2 Å². The molecule has 0 aliphatic carbocycles. The normalized spacial score (nSPS) is 10.9. The lowest BCUT2D eigenvalue weighted by Crippen LogP contribution is -2.14. The number of aryl methyl sites for hydroxylation is 1. The highest BCUT2D eigenvalue weighted by atomic mass is 19.2. The lowest BCUT2D eigenvalue weighted by molar-refractivity contribution is 0.0760. The molecule has 24 heavy (non-hydrogen) atoms. The van der Waals surface area contributed by atoms with Gasteiger partial charge in [0, 0.05) is 24.2 Å². The molecule has 0 amide bonds. The number of rotatable bonds is 7. The maximum absolute atomic E-state index is 14.2. The Hall–Kier alpha value is -2.14. The van der Waals surface area contributed by atoms with Crippen LogP contribution in [-0.4, -0.2) is 19.0 Å². The van der Waals surface area contributed by atoms with E-state index < -0.39 is 23.2 Å². The van der Waals surface area contributed by atoms with Crippen LogP contribution in [0.1, 0.15) is 40.4 Å². The monoisotopic (exact) mass is 336 g/mol. The highest BCUT2D eigenvalue weighted by molar-refractivity contribution is 5.98. The van der Waals surface area contributed by atoms with Gasteiger partial charge in [-0.15, -0.1) is 0 Å². The summed E-state index contributed by atoms with van der Waals surface area (Å²) in [5.41, 5.74) is 0.793. The first-order chi connectivity index (χ1) is 11.4. The number of hydrogen-bond acceptors (Lipinski definition) is 2. The van der Waals surface area contributed by atoms with Gasteiger partial charge < -0.3 is 4.74 Å². The molecule has 2 aromatic rings. The van der Waals surface area contributed by atoms with Crippen molar-refractivity contribution in [3.05, 3.63) is 70.0 Å². The zero-order chi connectivity index (χ0) is 17.7. The minimum absolute atomic E-state index is 0.0185. The molecule has 5 heteroatoms. The van der Waals surface area contributed by atoms with Crippen LogP contribution in [0.3, 0.4) is 0 Å². The number of ether oxygens (including phenoxy) is 1. The Bertz CT molecular complexity index is 742. The van der Waals surface area contributed by atoms with E-state index in [1.807, 2.05) is 6.92 Å². The Kier molecular flexibility index (Phi) is 6.15. The summed E-state index contributed by atoms with van der Waals surface area (Å²) in [4.78, 5) is 12.2. The number of halogens is 3. The largest absolute Gasteiger partial charge is 0.373 e. The molecule has 0 unspecified atom stereocenters. The molecule has 0 aliphatic rings. The zero-order valence-corrected chi connectivity index (χ0v) is 13.7. The number of carbonyl (C=O) groups excluding carboxylic acids is 1. The molecule has 2 nitrogen and oxygen atoms in total. The van der Waals surface area contributed by atoms with E-state index in [0.717, 1.165) is 18.1 Å². The topological polar surface area (TPSA) is 26.3 Å². The van der Waals surface area contributed by atoms with Crippen molar-refractivity contribution in [2.45, 2.75) is 26.7 Å². The van der Waals surface area contributed by atoms with Gasteiger partial charge in [-0.05, 0) is 42.7 Å². The molecule has 0 saturated carbocycles. The summed E-state index contributed by atoms with van der Waals surface area (Å²) in [7, 11) is 0. The Morgan fingerprint density at radius 3 is 2.50 bits per heavy atom. The van der Waals surface area contributed by atoms with Crippen molar-refractivity contribution in [3.8, 4) is 0 Å². The average molecular weight is 336 g/mol. The lowest BCUT2D eigenvalue weighted by atomic mass is 9.95. The predicted molar refractivity (Wildman–Crippen MR) is 85.7 cm³/mol. The Morgan fingerprint density at radius 1 is 1.08 bits per heavy atom. The van der Waals surface area contributed by atoms with Gasteiger partial charge in [-0.1, -0.05) is 19.1 Å². The molecule has 0 saturated heterocycles. The van der Waals surface area contributed by atoms with Gasteiger partial charge in [0.2, 0.25) is 0 Å². The first-order valence-corrected chi connectivity index (χ1v) is 7.76. The van der Waals surface area contributed by atoms with E-state index in [1.165, 1.54) is 18.2 Å². The number of benzene rings is 2. The second-order valence-corrected chi connectivity index (χ2v) is 5.63. The van der Waals surface area contributed by atoms with E-state index in [4.69, 9.17) is 4.74 Å². The average Bonchev–Trinajstić information content (AvgIpc) is 2.54. The number of ketones is 1. The highest BCUT2D eigenvalue weighted by Crippen LogP contribution is 2.23. The third kappa shape index (κ3) is 4.23. The predicted octanol–water partition coefficient (Wildman–Crippen LogP) is 4.61. The summed E-state index contributed by atoms with van der Waals surface area (Å²) in [6.07, 6.45) is 0.539. The fourth-order valence-electron chi connectivity index (χ4n) is 2.40. The molecule has 2 rings (SSSR count). The molecule has 0 aromatic heterocycles. The minimum Gasteiger partial charge on any atom is -0.373 e. The molecule has 0 aliphatic heterocycles. The van der Waals surface area contributed by atoms with Gasteiger partial charge in [0.25, 0.3) is 0 Å². The maximum atomic E-state index is 14.2. The van der Waals surface area contributed by atoms with Crippen LogP contribution in [0.25, 0.3) is 0 Å². The van der Waals surface area contributed by atoms with Gasteiger partial charge in [-0.25, -0.2) is 13.2 Å². The van der Waals surface area contributed by atoms with Crippen LogP contribution >= 0.6 is 0 Å². The molecule has 0 bridgehead atoms. The highest BCUT2D eigenvalue weighted by Gasteiger charge is 2.20. The molecule has 0 radical (unpaired) electrons. The van der Waals surface area contributed by atoms with Crippen LogP contribution in [0.4, 0.5) is 13.2 Å². The fraction of sp³-hybridized carbons (Fsp3) is 0.316. The van der Waals surface area contributed by atoms with Crippen LogP contribution < -0.4 is 0 Å². The van der Waals surface area contributed by atoms with E-state index in [-0.39, 0.29) is 29.7 Å². The van der Waals surface area contributed by atoms with E-state index in [1.54, 1.807) is 13.0 Å². The standard InChI is InChI=1S/C19H19F3O2/c1-3-8-24-11-18(23)14-6-7-16(20)19(22)15(14)10-13-5-4-12(2)9-17(13)21/h4-7,9H,3,8,10-11H2,1-2H3. The van der Waals surface area contributed by atoms with Gasteiger partial charge in [0.05, 0.1) is 0 Å². The van der Waals surface area contributed by atoms with Crippen molar-refractivity contribution in [3.63, 3.8) is 0 Å². The SMILES string of the molecule is CCCOCC(=O)c1ccc(F)c(F)c1Cc1ccc(C)cc1F. The van der Waals surface area contributed by atoms with Crippen LogP contribution in [0, 0.1) is 24.4 Å². The van der Waals surface area contributed by atoms with E-state index in [9.17, 15) is 18.0 Å². The zero-order valence-electron chi connectivity index (χ0n) is 13.7. The van der Waals surface area contributed by atoms with Gasteiger partial charge in [-0.2, -0.15) is 0 Å². The maximum Gasteiger partial charge on any atom is 0.188 e. The molecule has 0 N–H and O–H groups in total. The molecule has 128 valence electrons. The Morgan fingerprint density at radius 2 is 1.83 bits per heavy atom. The second-order valence-electron chi connectivity index (χ2n) is 5.63. The van der Waals surface area contributed by atoms with Gasteiger partial charge in [-0.3, -0.25) is 4.79 Å². The van der Waals surface area contributed by atoms with Crippen molar-refractivity contribution in [1.82, 2.24) is 0 Å². The first-order valence-electron chi connectivity index (χ1n) is 7.76. The van der Waals surface area contributed by atoms with E-state index in [2.05, 4.69) is 0 Å².